The molecule has 0 saturated carbocycles. The van der Waals surface area contributed by atoms with Crippen molar-refractivity contribution in [3.05, 3.63) is 81.8 Å². The van der Waals surface area contributed by atoms with Gasteiger partial charge < -0.3 is 4.90 Å². The summed E-state index contributed by atoms with van der Waals surface area (Å²) < 4.78 is 1.39. The van der Waals surface area contributed by atoms with E-state index in [2.05, 4.69) is 31.0 Å². The van der Waals surface area contributed by atoms with E-state index in [-0.39, 0.29) is 5.56 Å². The summed E-state index contributed by atoms with van der Waals surface area (Å²) in [5, 5.41) is 4.63. The Bertz CT molecular complexity index is 1280. The second-order valence-electron chi connectivity index (χ2n) is 7.39. The largest absolute Gasteiger partial charge is 0.350 e. The van der Waals surface area contributed by atoms with Crippen molar-refractivity contribution in [1.29, 1.82) is 0 Å². The molecule has 1 aliphatic rings. The van der Waals surface area contributed by atoms with Gasteiger partial charge in [-0.1, -0.05) is 0 Å². The maximum atomic E-state index is 12.4. The molecule has 29 heavy (non-hydrogen) atoms. The van der Waals surface area contributed by atoms with Gasteiger partial charge in [0.2, 0.25) is 0 Å². The van der Waals surface area contributed by atoms with Gasteiger partial charge in [0.05, 0.1) is 0 Å². The Morgan fingerprint density at radius 1 is 1.03 bits per heavy atom. The number of rotatable bonds is 2. The topological polar surface area (TPSA) is 76.3 Å². The fraction of sp³-hybridized carbons (Fsp3) is 0.227. The maximum absolute atomic E-state index is 12.4. The number of anilines is 1. The molecule has 0 saturated heterocycles. The monoisotopic (exact) mass is 384 g/mol. The molecule has 1 aliphatic heterocycles. The number of hydrogen-bond donors (Lipinski definition) is 0. The standard InChI is InChI=1S/C22H20N6O/c1-14-9-20-25-15(2)10-21(29)28(20)26-22(14)27-8-5-19-18(13-27)11-17(12-24-19)16-3-6-23-7-4-16/h3-4,6-7,9-12H,5,8,13H2,1-2H3. The molecule has 0 N–H and O–H groups in total. The third-order valence-corrected chi connectivity index (χ3v) is 5.29. The van der Waals surface area contributed by atoms with Crippen molar-refractivity contribution in [3.8, 4) is 11.1 Å². The second kappa shape index (κ2) is 6.77. The van der Waals surface area contributed by atoms with E-state index in [1.165, 1.54) is 16.1 Å². The third-order valence-electron chi connectivity index (χ3n) is 5.29. The third kappa shape index (κ3) is 3.14. The van der Waals surface area contributed by atoms with Crippen molar-refractivity contribution < 1.29 is 0 Å². The Morgan fingerprint density at radius 3 is 2.69 bits per heavy atom. The van der Waals surface area contributed by atoms with E-state index in [0.717, 1.165) is 41.2 Å². The van der Waals surface area contributed by atoms with Gasteiger partial charge in [-0.05, 0) is 54.8 Å². The number of hydrogen-bond acceptors (Lipinski definition) is 6. The summed E-state index contributed by atoms with van der Waals surface area (Å²) in [6.45, 7) is 5.34. The minimum Gasteiger partial charge on any atom is -0.350 e. The Balaban J connectivity index is 1.54. The van der Waals surface area contributed by atoms with E-state index in [9.17, 15) is 4.79 Å². The Labute approximate surface area is 167 Å². The second-order valence-corrected chi connectivity index (χ2v) is 7.39. The van der Waals surface area contributed by atoms with E-state index in [0.29, 0.717) is 17.9 Å². The van der Waals surface area contributed by atoms with Crippen molar-refractivity contribution in [2.45, 2.75) is 26.8 Å². The van der Waals surface area contributed by atoms with Crippen LogP contribution in [0.4, 0.5) is 5.82 Å². The van der Waals surface area contributed by atoms with Gasteiger partial charge in [0.15, 0.2) is 11.5 Å². The smallest absolute Gasteiger partial charge is 0.274 e. The summed E-state index contributed by atoms with van der Waals surface area (Å²) in [7, 11) is 0. The highest BCUT2D eigenvalue weighted by Gasteiger charge is 2.21. The molecule has 7 nitrogen and oxygen atoms in total. The normalized spacial score (nSPS) is 13.5. The first-order chi connectivity index (χ1) is 14.1. The molecule has 0 aromatic carbocycles. The number of aromatic nitrogens is 5. The van der Waals surface area contributed by atoms with Crippen molar-refractivity contribution in [2.75, 3.05) is 11.4 Å². The first kappa shape index (κ1) is 17.5. The van der Waals surface area contributed by atoms with Gasteiger partial charge in [-0.2, -0.15) is 4.52 Å². The molecule has 0 radical (unpaired) electrons. The lowest BCUT2D eigenvalue weighted by molar-refractivity contribution is 0.685. The molecule has 0 spiro atoms. The molecule has 144 valence electrons. The van der Waals surface area contributed by atoms with E-state index in [1.54, 1.807) is 12.4 Å². The van der Waals surface area contributed by atoms with Crippen LogP contribution in [-0.2, 0) is 13.0 Å². The van der Waals surface area contributed by atoms with Crippen molar-refractivity contribution in [2.24, 2.45) is 0 Å². The first-order valence-corrected chi connectivity index (χ1v) is 9.60. The van der Waals surface area contributed by atoms with Crippen LogP contribution < -0.4 is 10.5 Å². The summed E-state index contributed by atoms with van der Waals surface area (Å²) in [6.07, 6.45) is 6.34. The summed E-state index contributed by atoms with van der Waals surface area (Å²) >= 11 is 0. The number of aryl methyl sites for hydroxylation is 2. The van der Waals surface area contributed by atoms with Gasteiger partial charge in [-0.25, -0.2) is 4.98 Å². The maximum Gasteiger partial charge on any atom is 0.274 e. The highest BCUT2D eigenvalue weighted by Crippen LogP contribution is 2.27. The zero-order chi connectivity index (χ0) is 20.0. The number of fused-ring (bicyclic) bond motifs is 2. The number of pyridine rings is 2. The SMILES string of the molecule is Cc1cc(=O)n2nc(N3CCc4ncc(-c5ccncc5)cc4C3)c(C)cc2n1. The van der Waals surface area contributed by atoms with Crippen molar-refractivity contribution in [1.82, 2.24) is 24.6 Å². The van der Waals surface area contributed by atoms with Gasteiger partial charge in [-0.15, -0.1) is 5.10 Å². The van der Waals surface area contributed by atoms with Crippen LogP contribution >= 0.6 is 0 Å². The van der Waals surface area contributed by atoms with E-state index >= 15 is 0 Å². The molecule has 0 amide bonds. The summed E-state index contributed by atoms with van der Waals surface area (Å²) in [6, 6.07) is 9.60. The van der Waals surface area contributed by atoms with Crippen LogP contribution in [0.1, 0.15) is 22.5 Å². The van der Waals surface area contributed by atoms with Crippen LogP contribution in [0, 0.1) is 13.8 Å². The molecule has 4 aromatic heterocycles. The lowest BCUT2D eigenvalue weighted by atomic mass is 10.0. The van der Waals surface area contributed by atoms with Crippen LogP contribution in [0.2, 0.25) is 0 Å². The highest BCUT2D eigenvalue weighted by atomic mass is 16.1. The Hall–Kier alpha value is -3.61. The molecule has 5 heterocycles. The summed E-state index contributed by atoms with van der Waals surface area (Å²) in [4.78, 5) is 27.8. The minimum atomic E-state index is -0.159. The van der Waals surface area contributed by atoms with Gasteiger partial charge in [0, 0.05) is 61.1 Å². The van der Waals surface area contributed by atoms with Crippen LogP contribution in [0.25, 0.3) is 16.8 Å². The van der Waals surface area contributed by atoms with E-state index in [4.69, 9.17) is 0 Å². The lowest BCUT2D eigenvalue weighted by Crippen LogP contribution is -2.33. The lowest BCUT2D eigenvalue weighted by Gasteiger charge is -2.30. The van der Waals surface area contributed by atoms with Crippen molar-refractivity contribution in [3.63, 3.8) is 0 Å². The van der Waals surface area contributed by atoms with Gasteiger partial charge in [-0.3, -0.25) is 14.8 Å². The molecule has 7 heteroatoms. The molecule has 0 atom stereocenters. The van der Waals surface area contributed by atoms with Crippen LogP contribution in [-0.4, -0.2) is 31.1 Å². The molecular weight excluding hydrogens is 364 g/mol. The molecule has 0 aliphatic carbocycles. The number of nitrogens with zero attached hydrogens (tertiary/aromatic N) is 6. The molecular formula is C22H20N6O. The van der Waals surface area contributed by atoms with E-state index in [1.807, 2.05) is 38.2 Å². The van der Waals surface area contributed by atoms with Gasteiger partial charge in [0.1, 0.15) is 0 Å². The molecule has 0 bridgehead atoms. The van der Waals surface area contributed by atoms with Gasteiger partial charge in [0.25, 0.3) is 5.56 Å². The molecule has 4 aromatic rings. The minimum absolute atomic E-state index is 0.159. The Morgan fingerprint density at radius 2 is 1.86 bits per heavy atom. The van der Waals surface area contributed by atoms with Crippen LogP contribution in [0.5, 0.6) is 0 Å². The van der Waals surface area contributed by atoms with Gasteiger partial charge >= 0.3 is 0 Å². The average molecular weight is 384 g/mol. The molecule has 5 rings (SSSR count). The quantitative estimate of drug-likeness (QED) is 0.529. The fourth-order valence-electron chi connectivity index (χ4n) is 3.86. The van der Waals surface area contributed by atoms with Crippen molar-refractivity contribution >= 4 is 11.5 Å². The zero-order valence-corrected chi connectivity index (χ0v) is 16.3. The predicted octanol–water partition coefficient (Wildman–Crippen LogP) is 2.73. The Kier molecular flexibility index (Phi) is 4.08. The first-order valence-electron chi connectivity index (χ1n) is 9.60. The highest BCUT2D eigenvalue weighted by molar-refractivity contribution is 5.63. The van der Waals surface area contributed by atoms with E-state index < -0.39 is 0 Å². The summed E-state index contributed by atoms with van der Waals surface area (Å²) in [5.74, 6) is 0.810. The van der Waals surface area contributed by atoms with Crippen LogP contribution in [0.15, 0.2) is 53.7 Å². The fourth-order valence-corrected chi connectivity index (χ4v) is 3.86. The van der Waals surface area contributed by atoms with Crippen LogP contribution in [0.3, 0.4) is 0 Å². The molecule has 0 unspecified atom stereocenters. The zero-order valence-electron chi connectivity index (χ0n) is 16.3. The predicted molar refractivity (Wildman–Crippen MR) is 111 cm³/mol. The average Bonchev–Trinajstić information content (AvgIpc) is 2.73. The molecule has 0 fully saturated rings. The summed E-state index contributed by atoms with van der Waals surface area (Å²) in [5.41, 5.74) is 6.60.